The smallest absolute Gasteiger partial charge is 0.260 e. The van der Waals surface area contributed by atoms with Gasteiger partial charge in [0.2, 0.25) is 10.0 Å². The van der Waals surface area contributed by atoms with E-state index in [1.165, 1.54) is 4.90 Å². The minimum atomic E-state index is -4.35. The van der Waals surface area contributed by atoms with Gasteiger partial charge in [-0.15, -0.1) is 0 Å². The number of hydrogen-bond donors (Lipinski definition) is 0. The molecule has 1 heterocycles. The van der Waals surface area contributed by atoms with Gasteiger partial charge in [-0.05, 0) is 48.5 Å². The highest BCUT2D eigenvalue weighted by molar-refractivity contribution is 7.89. The lowest BCUT2D eigenvalue weighted by atomic mass is 10.3. The Kier molecular flexibility index (Phi) is 7.09. The Bertz CT molecular complexity index is 1230. The van der Waals surface area contributed by atoms with Crippen LogP contribution in [0.4, 0.5) is 8.78 Å². The van der Waals surface area contributed by atoms with Crippen molar-refractivity contribution in [3.63, 3.8) is 0 Å². The van der Waals surface area contributed by atoms with Crippen LogP contribution < -0.4 is 9.47 Å². The van der Waals surface area contributed by atoms with Crippen LogP contribution in [0.3, 0.4) is 0 Å². The van der Waals surface area contributed by atoms with Gasteiger partial charge >= 0.3 is 0 Å². The van der Waals surface area contributed by atoms with Crippen LogP contribution in [0.25, 0.3) is 0 Å². The number of piperazine rings is 1. The first-order valence-electron chi connectivity index (χ1n) is 10.5. The molecule has 1 aliphatic rings. The van der Waals surface area contributed by atoms with Crippen molar-refractivity contribution in [2.24, 2.45) is 0 Å². The summed E-state index contributed by atoms with van der Waals surface area (Å²) in [5.74, 6) is -0.818. The lowest BCUT2D eigenvalue weighted by molar-refractivity contribution is -0.134. The molecular weight excluding hydrogens is 466 g/mol. The number of halogens is 2. The number of hydrogen-bond acceptors (Lipinski definition) is 5. The number of sulfonamides is 1. The quantitative estimate of drug-likeness (QED) is 0.507. The van der Waals surface area contributed by atoms with Gasteiger partial charge in [-0.25, -0.2) is 17.2 Å². The van der Waals surface area contributed by atoms with Crippen LogP contribution in [0, 0.1) is 11.6 Å². The maximum Gasteiger partial charge on any atom is 0.260 e. The summed E-state index contributed by atoms with van der Waals surface area (Å²) >= 11 is 0. The minimum absolute atomic E-state index is 0.0760. The highest BCUT2D eigenvalue weighted by Crippen LogP contribution is 2.25. The average Bonchev–Trinajstić information content (AvgIpc) is 2.84. The topological polar surface area (TPSA) is 76.2 Å². The molecule has 0 aromatic heterocycles. The molecule has 7 nitrogen and oxygen atoms in total. The van der Waals surface area contributed by atoms with Gasteiger partial charge in [-0.3, -0.25) is 4.79 Å². The number of rotatable bonds is 7. The van der Waals surface area contributed by atoms with Crippen molar-refractivity contribution >= 4 is 15.9 Å². The van der Waals surface area contributed by atoms with Crippen molar-refractivity contribution in [3.05, 3.63) is 84.4 Å². The number of ether oxygens (including phenoxy) is 2. The Morgan fingerprint density at radius 2 is 1.32 bits per heavy atom. The molecule has 0 bridgehead atoms. The Labute approximate surface area is 196 Å². The van der Waals surface area contributed by atoms with Gasteiger partial charge in [-0.2, -0.15) is 4.31 Å². The van der Waals surface area contributed by atoms with E-state index < -0.39 is 26.6 Å². The Balaban J connectivity index is 1.28. The molecule has 1 saturated heterocycles. The second-order valence-corrected chi connectivity index (χ2v) is 9.39. The average molecular weight is 489 g/mol. The number of carbonyl (C=O) groups is 1. The van der Waals surface area contributed by atoms with Crippen molar-refractivity contribution in [1.29, 1.82) is 0 Å². The van der Waals surface area contributed by atoms with E-state index in [1.807, 2.05) is 30.3 Å². The molecule has 178 valence electrons. The summed E-state index contributed by atoms with van der Waals surface area (Å²) in [5.41, 5.74) is 0. The lowest BCUT2D eigenvalue weighted by Gasteiger charge is -2.34. The molecule has 3 aromatic rings. The molecule has 0 saturated carbocycles. The summed E-state index contributed by atoms with van der Waals surface area (Å²) in [4.78, 5) is 13.0. The van der Waals surface area contributed by atoms with E-state index in [2.05, 4.69) is 0 Å². The third-order valence-electron chi connectivity index (χ3n) is 5.27. The minimum Gasteiger partial charge on any atom is -0.484 e. The van der Waals surface area contributed by atoms with E-state index >= 15 is 0 Å². The number of nitrogens with zero attached hydrogens (tertiary/aromatic N) is 2. The van der Waals surface area contributed by atoms with Gasteiger partial charge in [0.15, 0.2) is 11.5 Å². The summed E-state index contributed by atoms with van der Waals surface area (Å²) in [6.45, 7) is -0.211. The zero-order valence-electron chi connectivity index (χ0n) is 18.1. The van der Waals surface area contributed by atoms with Crippen molar-refractivity contribution in [2.45, 2.75) is 4.90 Å². The molecule has 0 spiro atoms. The van der Waals surface area contributed by atoms with Gasteiger partial charge < -0.3 is 14.4 Å². The van der Waals surface area contributed by atoms with E-state index in [-0.39, 0.29) is 38.7 Å². The van der Waals surface area contributed by atoms with Crippen molar-refractivity contribution in [1.82, 2.24) is 9.21 Å². The number of amides is 1. The van der Waals surface area contributed by atoms with Gasteiger partial charge in [0, 0.05) is 26.2 Å². The van der Waals surface area contributed by atoms with Crippen LogP contribution in [0.2, 0.25) is 0 Å². The van der Waals surface area contributed by atoms with Gasteiger partial charge in [0.1, 0.15) is 28.9 Å². The van der Waals surface area contributed by atoms with Crippen LogP contribution in [0.15, 0.2) is 77.7 Å². The monoisotopic (exact) mass is 488 g/mol. The zero-order valence-corrected chi connectivity index (χ0v) is 18.9. The van der Waals surface area contributed by atoms with Crippen LogP contribution in [0.1, 0.15) is 0 Å². The first kappa shape index (κ1) is 23.7. The Morgan fingerprint density at radius 1 is 0.765 bits per heavy atom. The van der Waals surface area contributed by atoms with Crippen molar-refractivity contribution < 1.29 is 31.5 Å². The SMILES string of the molecule is O=C(COc1ccc(Oc2ccccc2)cc1)N1CCN(S(=O)(=O)c2c(F)cccc2F)CC1. The van der Waals surface area contributed by atoms with Crippen LogP contribution in [-0.4, -0.2) is 56.3 Å². The fourth-order valence-electron chi connectivity index (χ4n) is 3.50. The maximum absolute atomic E-state index is 14.0. The largest absolute Gasteiger partial charge is 0.484 e. The summed E-state index contributed by atoms with van der Waals surface area (Å²) < 4.78 is 65.5. The van der Waals surface area contributed by atoms with E-state index in [4.69, 9.17) is 9.47 Å². The van der Waals surface area contributed by atoms with Crippen LogP contribution in [-0.2, 0) is 14.8 Å². The second-order valence-electron chi connectivity index (χ2n) is 7.51. The predicted octanol–water partition coefficient (Wildman–Crippen LogP) is 3.67. The van der Waals surface area contributed by atoms with E-state index in [9.17, 15) is 22.0 Å². The van der Waals surface area contributed by atoms with E-state index in [1.54, 1.807) is 24.3 Å². The molecule has 0 aliphatic carbocycles. The van der Waals surface area contributed by atoms with Gasteiger partial charge in [0.05, 0.1) is 0 Å². The molecule has 0 unspecified atom stereocenters. The molecule has 1 amide bonds. The maximum atomic E-state index is 14.0. The molecular formula is C24H22F2N2O5S. The van der Waals surface area contributed by atoms with Gasteiger partial charge in [0.25, 0.3) is 5.91 Å². The summed E-state index contributed by atoms with van der Waals surface area (Å²) in [5, 5.41) is 0. The van der Waals surface area contributed by atoms with Gasteiger partial charge in [-0.1, -0.05) is 24.3 Å². The molecule has 1 fully saturated rings. The third kappa shape index (κ3) is 5.35. The van der Waals surface area contributed by atoms with Crippen LogP contribution in [0.5, 0.6) is 17.2 Å². The summed E-state index contributed by atoms with van der Waals surface area (Å²) in [6, 6.07) is 19.0. The van der Waals surface area contributed by atoms with Crippen molar-refractivity contribution in [2.75, 3.05) is 32.8 Å². The fraction of sp³-hybridized carbons (Fsp3) is 0.208. The molecule has 0 N–H and O–H groups in total. The van der Waals surface area contributed by atoms with Crippen molar-refractivity contribution in [3.8, 4) is 17.2 Å². The van der Waals surface area contributed by atoms with E-state index in [0.717, 1.165) is 22.5 Å². The molecule has 4 rings (SSSR count). The molecule has 0 atom stereocenters. The Hall–Kier alpha value is -3.50. The predicted molar refractivity (Wildman–Crippen MR) is 120 cm³/mol. The normalized spacial score (nSPS) is 14.6. The highest BCUT2D eigenvalue weighted by atomic mass is 32.2. The Morgan fingerprint density at radius 3 is 1.94 bits per heavy atom. The van der Waals surface area contributed by atoms with Crippen LogP contribution >= 0.6 is 0 Å². The third-order valence-corrected chi connectivity index (χ3v) is 7.22. The summed E-state index contributed by atoms with van der Waals surface area (Å²) in [6.07, 6.45) is 0. The number of carbonyl (C=O) groups excluding carboxylic acids is 1. The van der Waals surface area contributed by atoms with E-state index in [0.29, 0.717) is 17.2 Å². The molecule has 1 aliphatic heterocycles. The molecule has 10 heteroatoms. The zero-order chi connectivity index (χ0) is 24.1. The molecule has 0 radical (unpaired) electrons. The summed E-state index contributed by atoms with van der Waals surface area (Å²) in [7, 11) is -4.35. The fourth-order valence-corrected chi connectivity index (χ4v) is 5.03. The number of para-hydroxylation sites is 1. The first-order valence-corrected chi connectivity index (χ1v) is 12.0. The lowest BCUT2D eigenvalue weighted by Crippen LogP contribution is -2.51. The highest BCUT2D eigenvalue weighted by Gasteiger charge is 2.34. The molecule has 3 aromatic carbocycles. The first-order chi connectivity index (χ1) is 16.3. The standard InChI is InChI=1S/C24H22F2N2O5S/c25-21-7-4-8-22(26)24(21)34(30,31)28-15-13-27(14-16-28)23(29)17-32-18-9-11-20(12-10-18)33-19-5-2-1-3-6-19/h1-12H,13-17H2. The second kappa shape index (κ2) is 10.2. The molecule has 34 heavy (non-hydrogen) atoms. The number of benzene rings is 3.